The maximum Gasteiger partial charge on any atom is 0.257 e. The molecule has 2 atom stereocenters. The fourth-order valence-electron chi connectivity index (χ4n) is 3.66. The Morgan fingerprint density at radius 3 is 2.92 bits per heavy atom. The molecule has 1 aromatic carbocycles. The largest absolute Gasteiger partial charge is 0.486 e. The third kappa shape index (κ3) is 5.87. The molecule has 3 aromatic rings. The first kappa shape index (κ1) is 24.9. The van der Waals surface area contributed by atoms with Gasteiger partial charge in [-0.3, -0.25) is 9.48 Å². The first-order valence-electron chi connectivity index (χ1n) is 10.9. The molecule has 14 heteroatoms. The quantitative estimate of drug-likeness (QED) is 0.472. The number of aromatic nitrogens is 5. The monoisotopic (exact) mass is 502 g/mol. The molecule has 2 aromatic heterocycles. The van der Waals surface area contributed by atoms with Crippen molar-refractivity contribution in [3.8, 4) is 23.2 Å². The van der Waals surface area contributed by atoms with Gasteiger partial charge in [-0.2, -0.15) is 15.3 Å². The molecule has 1 saturated heterocycles. The zero-order valence-electron chi connectivity index (χ0n) is 18.8. The SMILES string of the molecule is N#Cc1cc(-c2ncnc(Nc3cnn(CC(F)F)c3)n2)ccc1OC1CCN(C(=O)CO)CC1F. The summed E-state index contributed by atoms with van der Waals surface area (Å²) in [7, 11) is 0. The number of piperidine rings is 1. The lowest BCUT2D eigenvalue weighted by Crippen LogP contribution is -2.50. The highest BCUT2D eigenvalue weighted by atomic mass is 19.3. The Morgan fingerprint density at radius 2 is 2.19 bits per heavy atom. The van der Waals surface area contributed by atoms with Crippen LogP contribution in [0.25, 0.3) is 11.4 Å². The number of hydrogen-bond acceptors (Lipinski definition) is 9. The van der Waals surface area contributed by atoms with E-state index >= 15 is 0 Å². The highest BCUT2D eigenvalue weighted by Crippen LogP contribution is 2.28. The van der Waals surface area contributed by atoms with Crippen molar-refractivity contribution in [2.24, 2.45) is 0 Å². The molecular formula is C22H21F3N8O3. The number of benzene rings is 1. The number of hydrogen-bond donors (Lipinski definition) is 2. The maximum absolute atomic E-state index is 14.6. The van der Waals surface area contributed by atoms with E-state index in [1.807, 2.05) is 6.07 Å². The fraction of sp³-hybridized carbons (Fsp3) is 0.364. The number of anilines is 2. The van der Waals surface area contributed by atoms with Crippen molar-refractivity contribution in [2.75, 3.05) is 25.0 Å². The van der Waals surface area contributed by atoms with Crippen LogP contribution in [0.5, 0.6) is 5.75 Å². The Kier molecular flexibility index (Phi) is 7.59. The molecule has 188 valence electrons. The van der Waals surface area contributed by atoms with Crippen molar-refractivity contribution in [3.63, 3.8) is 0 Å². The predicted octanol–water partition coefficient (Wildman–Crippen LogP) is 1.93. The lowest BCUT2D eigenvalue weighted by molar-refractivity contribution is -0.138. The van der Waals surface area contributed by atoms with Crippen molar-refractivity contribution in [2.45, 2.75) is 31.7 Å². The van der Waals surface area contributed by atoms with E-state index in [0.29, 0.717) is 11.3 Å². The van der Waals surface area contributed by atoms with Crippen LogP contribution in [0.2, 0.25) is 0 Å². The number of rotatable bonds is 8. The molecule has 2 unspecified atom stereocenters. The van der Waals surface area contributed by atoms with Gasteiger partial charge in [0, 0.05) is 24.7 Å². The molecule has 1 aliphatic heterocycles. The molecule has 4 rings (SSSR count). The number of amides is 1. The lowest BCUT2D eigenvalue weighted by atomic mass is 10.0. The van der Waals surface area contributed by atoms with Crippen molar-refractivity contribution in [3.05, 3.63) is 42.5 Å². The molecule has 3 heterocycles. The van der Waals surface area contributed by atoms with Crippen molar-refractivity contribution < 1.29 is 27.8 Å². The number of aliphatic hydroxyl groups excluding tert-OH is 1. The average molecular weight is 502 g/mol. The first-order valence-corrected chi connectivity index (χ1v) is 10.9. The normalized spacial score (nSPS) is 17.6. The van der Waals surface area contributed by atoms with Gasteiger partial charge in [0.15, 0.2) is 12.0 Å². The number of likely N-dealkylation sites (tertiary alicyclic amines) is 1. The standard InChI is InChI=1S/C22H21F3N8O3/c23-16-9-32(20(35)11-34)4-3-18(16)36-17-2-1-13(5-14(17)6-26)21-27-12-28-22(31-21)30-15-7-29-33(8-15)10-19(24)25/h1-2,5,7-8,12,16,18-19,34H,3-4,9-11H2,(H,27,28,30,31). The topological polar surface area (TPSA) is 142 Å². The van der Waals surface area contributed by atoms with E-state index < -0.39 is 37.8 Å². The van der Waals surface area contributed by atoms with E-state index in [1.165, 1.54) is 35.8 Å². The van der Waals surface area contributed by atoms with Gasteiger partial charge in [0.25, 0.3) is 6.43 Å². The lowest BCUT2D eigenvalue weighted by Gasteiger charge is -2.34. The predicted molar refractivity (Wildman–Crippen MR) is 119 cm³/mol. The van der Waals surface area contributed by atoms with E-state index in [-0.39, 0.29) is 42.6 Å². The van der Waals surface area contributed by atoms with Crippen LogP contribution in [0.15, 0.2) is 36.9 Å². The summed E-state index contributed by atoms with van der Waals surface area (Å²) in [6.07, 6.45) is -0.684. The minimum atomic E-state index is -2.54. The third-order valence-electron chi connectivity index (χ3n) is 5.39. The van der Waals surface area contributed by atoms with E-state index in [1.54, 1.807) is 6.07 Å². The second-order valence-corrected chi connectivity index (χ2v) is 7.88. The summed E-state index contributed by atoms with van der Waals surface area (Å²) in [5.41, 5.74) is 1.01. The van der Waals surface area contributed by atoms with Crippen LogP contribution < -0.4 is 10.1 Å². The molecule has 11 nitrogen and oxygen atoms in total. The van der Waals surface area contributed by atoms with E-state index in [9.17, 15) is 23.2 Å². The van der Waals surface area contributed by atoms with Crippen molar-refractivity contribution in [1.82, 2.24) is 29.6 Å². The van der Waals surface area contributed by atoms with Crippen LogP contribution in [0.3, 0.4) is 0 Å². The van der Waals surface area contributed by atoms with Gasteiger partial charge in [0.1, 0.15) is 37.4 Å². The Labute approximate surface area is 203 Å². The second-order valence-electron chi connectivity index (χ2n) is 7.88. The Bertz CT molecular complexity index is 1270. The molecule has 36 heavy (non-hydrogen) atoms. The van der Waals surface area contributed by atoms with Gasteiger partial charge in [-0.25, -0.2) is 23.1 Å². The molecule has 0 bridgehead atoms. The van der Waals surface area contributed by atoms with Crippen LogP contribution in [0.1, 0.15) is 12.0 Å². The second kappa shape index (κ2) is 11.0. The average Bonchev–Trinajstić information content (AvgIpc) is 3.30. The molecule has 1 amide bonds. The zero-order valence-corrected chi connectivity index (χ0v) is 18.8. The number of ether oxygens (including phenoxy) is 1. The number of carbonyl (C=O) groups is 1. The fourth-order valence-corrected chi connectivity index (χ4v) is 3.66. The van der Waals surface area contributed by atoms with Gasteiger partial charge >= 0.3 is 0 Å². The van der Waals surface area contributed by atoms with E-state index in [2.05, 4.69) is 25.4 Å². The summed E-state index contributed by atoms with van der Waals surface area (Å²) in [6.45, 7) is -1.20. The highest BCUT2D eigenvalue weighted by molar-refractivity contribution is 5.77. The van der Waals surface area contributed by atoms with Crippen LogP contribution in [-0.4, -0.2) is 79.0 Å². The van der Waals surface area contributed by atoms with Gasteiger partial charge in [-0.05, 0) is 18.2 Å². The Morgan fingerprint density at radius 1 is 1.36 bits per heavy atom. The Hall–Kier alpha value is -4.25. The van der Waals surface area contributed by atoms with Gasteiger partial charge in [-0.15, -0.1) is 0 Å². The summed E-state index contributed by atoms with van der Waals surface area (Å²) in [4.78, 5) is 25.2. The molecule has 0 saturated carbocycles. The van der Waals surface area contributed by atoms with Crippen LogP contribution in [0, 0.1) is 11.3 Å². The van der Waals surface area contributed by atoms with Gasteiger partial charge in [0.05, 0.1) is 24.0 Å². The van der Waals surface area contributed by atoms with Crippen LogP contribution in [-0.2, 0) is 11.3 Å². The number of nitriles is 1. The van der Waals surface area contributed by atoms with E-state index in [4.69, 9.17) is 9.84 Å². The van der Waals surface area contributed by atoms with E-state index in [0.717, 1.165) is 4.68 Å². The number of carbonyl (C=O) groups excluding carboxylic acids is 1. The number of aliphatic hydroxyl groups is 1. The summed E-state index contributed by atoms with van der Waals surface area (Å²) < 4.78 is 46.4. The highest BCUT2D eigenvalue weighted by Gasteiger charge is 2.33. The minimum absolute atomic E-state index is 0.136. The maximum atomic E-state index is 14.6. The molecule has 0 spiro atoms. The summed E-state index contributed by atoms with van der Waals surface area (Å²) >= 11 is 0. The number of alkyl halides is 3. The van der Waals surface area contributed by atoms with Gasteiger partial charge in [0.2, 0.25) is 11.9 Å². The number of nitrogens with zero attached hydrogens (tertiary/aromatic N) is 7. The smallest absolute Gasteiger partial charge is 0.257 e. The van der Waals surface area contributed by atoms with Crippen LogP contribution in [0.4, 0.5) is 24.8 Å². The third-order valence-corrected chi connectivity index (χ3v) is 5.39. The Balaban J connectivity index is 1.46. The number of halogens is 3. The molecule has 1 fully saturated rings. The number of nitrogens with one attached hydrogen (secondary N) is 1. The van der Waals surface area contributed by atoms with Crippen molar-refractivity contribution in [1.29, 1.82) is 5.26 Å². The summed E-state index contributed by atoms with van der Waals surface area (Å²) in [5.74, 6) is -0.00402. The minimum Gasteiger partial charge on any atom is -0.486 e. The zero-order chi connectivity index (χ0) is 25.7. The van der Waals surface area contributed by atoms with Gasteiger partial charge in [-0.1, -0.05) is 0 Å². The summed E-state index contributed by atoms with van der Waals surface area (Å²) in [5, 5.41) is 25.3. The van der Waals surface area contributed by atoms with Crippen molar-refractivity contribution >= 4 is 17.5 Å². The molecule has 2 N–H and O–H groups in total. The van der Waals surface area contributed by atoms with Crippen LogP contribution >= 0.6 is 0 Å². The van der Waals surface area contributed by atoms with Gasteiger partial charge < -0.3 is 20.1 Å². The molecule has 0 radical (unpaired) electrons. The first-order chi connectivity index (χ1) is 17.4. The summed E-state index contributed by atoms with van der Waals surface area (Å²) in [6, 6.07) is 6.62. The molecule has 1 aliphatic rings. The molecule has 0 aliphatic carbocycles. The molecular weight excluding hydrogens is 481 g/mol.